The molecule has 0 unspecified atom stereocenters. The summed E-state index contributed by atoms with van der Waals surface area (Å²) in [5.74, 6) is 0.705. The van der Waals surface area contributed by atoms with Crippen molar-refractivity contribution in [1.82, 2.24) is 19.5 Å². The number of primary sulfonamides is 1. The van der Waals surface area contributed by atoms with Crippen molar-refractivity contribution in [2.24, 2.45) is 5.14 Å². The monoisotopic (exact) mass is 399 g/mol. The molecule has 0 fully saturated rings. The first-order valence-electron chi connectivity index (χ1n) is 8.38. The topological polar surface area (TPSA) is 104 Å². The van der Waals surface area contributed by atoms with Crippen molar-refractivity contribution in [3.05, 3.63) is 48.0 Å². The molecular formula is C18H17N5O2S2. The Labute approximate surface area is 160 Å². The van der Waals surface area contributed by atoms with E-state index in [0.29, 0.717) is 11.3 Å². The Morgan fingerprint density at radius 3 is 2.70 bits per heavy atom. The predicted molar refractivity (Wildman–Crippen MR) is 106 cm³/mol. The number of pyridine rings is 1. The van der Waals surface area contributed by atoms with Crippen LogP contribution in [-0.2, 0) is 16.6 Å². The lowest BCUT2D eigenvalue weighted by Gasteiger charge is -2.06. The Kier molecular flexibility index (Phi) is 4.50. The zero-order valence-electron chi connectivity index (χ0n) is 14.5. The number of fused-ring (bicyclic) bond motifs is 1. The number of nitrogens with zero attached hydrogens (tertiary/aromatic N) is 4. The first kappa shape index (κ1) is 17.8. The van der Waals surface area contributed by atoms with Crippen molar-refractivity contribution in [3.8, 4) is 22.2 Å². The van der Waals surface area contributed by atoms with Gasteiger partial charge in [-0.15, -0.1) is 11.3 Å². The van der Waals surface area contributed by atoms with Crippen LogP contribution in [0.1, 0.15) is 13.3 Å². The fraction of sp³-hybridized carbons (Fsp3) is 0.167. The normalized spacial score (nSPS) is 11.9. The fourth-order valence-corrected chi connectivity index (χ4v) is 4.22. The maximum absolute atomic E-state index is 11.6. The van der Waals surface area contributed by atoms with Gasteiger partial charge in [-0.2, -0.15) is 0 Å². The molecule has 0 aliphatic heterocycles. The first-order chi connectivity index (χ1) is 13.0. The van der Waals surface area contributed by atoms with Crippen molar-refractivity contribution in [2.45, 2.75) is 24.8 Å². The van der Waals surface area contributed by atoms with E-state index < -0.39 is 10.0 Å². The van der Waals surface area contributed by atoms with Crippen molar-refractivity contribution < 1.29 is 8.42 Å². The lowest BCUT2D eigenvalue weighted by atomic mass is 10.3. The molecule has 0 saturated carbocycles. The molecule has 3 aromatic heterocycles. The average molecular weight is 400 g/mol. The number of imidazole rings is 1. The molecule has 0 aliphatic rings. The van der Waals surface area contributed by atoms with Crippen molar-refractivity contribution >= 4 is 32.4 Å². The van der Waals surface area contributed by atoms with Gasteiger partial charge in [-0.05, 0) is 36.8 Å². The van der Waals surface area contributed by atoms with Crippen LogP contribution in [0.5, 0.6) is 0 Å². The largest absolute Gasteiger partial charge is 0.323 e. The van der Waals surface area contributed by atoms with E-state index in [4.69, 9.17) is 5.14 Å². The van der Waals surface area contributed by atoms with E-state index >= 15 is 0 Å². The minimum Gasteiger partial charge on any atom is -0.323 e. The second-order valence-corrected chi connectivity index (χ2v) is 8.45. The SMILES string of the molecule is CCCn1c(-c2csc(-c3ccccn3)n2)nc2cc(S(N)(=O)=O)ccc21. The van der Waals surface area contributed by atoms with Crippen LogP contribution < -0.4 is 5.14 Å². The molecule has 0 radical (unpaired) electrons. The van der Waals surface area contributed by atoms with Crippen LogP contribution in [0.15, 0.2) is 52.9 Å². The zero-order valence-corrected chi connectivity index (χ0v) is 16.2. The number of aryl methyl sites for hydroxylation is 1. The molecule has 27 heavy (non-hydrogen) atoms. The van der Waals surface area contributed by atoms with Crippen LogP contribution in [-0.4, -0.2) is 27.9 Å². The van der Waals surface area contributed by atoms with Crippen LogP contribution >= 0.6 is 11.3 Å². The van der Waals surface area contributed by atoms with E-state index in [-0.39, 0.29) is 4.90 Å². The summed E-state index contributed by atoms with van der Waals surface area (Å²) in [4.78, 5) is 13.7. The van der Waals surface area contributed by atoms with E-state index in [0.717, 1.165) is 34.9 Å². The molecule has 1 aromatic carbocycles. The molecule has 0 saturated heterocycles. The highest BCUT2D eigenvalue weighted by molar-refractivity contribution is 7.89. The molecule has 0 amide bonds. The smallest absolute Gasteiger partial charge is 0.238 e. The van der Waals surface area contributed by atoms with E-state index in [1.54, 1.807) is 12.3 Å². The summed E-state index contributed by atoms with van der Waals surface area (Å²) in [5, 5.41) is 8.00. The standard InChI is InChI=1S/C18H17N5O2S2/c1-2-9-23-16-7-6-12(27(19,24)25)10-14(16)21-17(23)15-11-26-18(22-15)13-5-3-4-8-20-13/h3-8,10-11H,2,9H2,1H3,(H2,19,24,25). The summed E-state index contributed by atoms with van der Waals surface area (Å²) in [6, 6.07) is 10.5. The quantitative estimate of drug-likeness (QED) is 0.555. The number of sulfonamides is 1. The summed E-state index contributed by atoms with van der Waals surface area (Å²) in [6.07, 6.45) is 2.64. The number of benzene rings is 1. The van der Waals surface area contributed by atoms with Crippen molar-refractivity contribution in [3.63, 3.8) is 0 Å². The highest BCUT2D eigenvalue weighted by Gasteiger charge is 2.18. The van der Waals surface area contributed by atoms with Crippen LogP contribution in [0.25, 0.3) is 33.3 Å². The van der Waals surface area contributed by atoms with Gasteiger partial charge in [0, 0.05) is 18.1 Å². The summed E-state index contributed by atoms with van der Waals surface area (Å²) in [6.45, 7) is 2.83. The second kappa shape index (κ2) is 6.84. The predicted octanol–water partition coefficient (Wildman–Crippen LogP) is 3.28. The Morgan fingerprint density at radius 2 is 2.00 bits per heavy atom. The minimum atomic E-state index is -3.78. The second-order valence-electron chi connectivity index (χ2n) is 6.04. The van der Waals surface area contributed by atoms with Gasteiger partial charge < -0.3 is 4.57 Å². The number of hydrogen-bond donors (Lipinski definition) is 1. The number of thiazole rings is 1. The minimum absolute atomic E-state index is 0.0511. The lowest BCUT2D eigenvalue weighted by Crippen LogP contribution is -2.11. The summed E-state index contributed by atoms with van der Waals surface area (Å²) in [5.41, 5.74) is 2.98. The Balaban J connectivity index is 1.86. The van der Waals surface area contributed by atoms with Gasteiger partial charge in [-0.25, -0.2) is 23.5 Å². The first-order valence-corrected chi connectivity index (χ1v) is 10.8. The fourth-order valence-electron chi connectivity index (χ4n) is 2.92. The van der Waals surface area contributed by atoms with E-state index in [9.17, 15) is 8.42 Å². The molecule has 0 bridgehead atoms. The summed E-state index contributed by atoms with van der Waals surface area (Å²) >= 11 is 1.50. The number of nitrogens with two attached hydrogens (primary N) is 1. The summed E-state index contributed by atoms with van der Waals surface area (Å²) in [7, 11) is -3.78. The van der Waals surface area contributed by atoms with Crippen LogP contribution in [0, 0.1) is 0 Å². The molecule has 0 aliphatic carbocycles. The maximum atomic E-state index is 11.6. The Morgan fingerprint density at radius 1 is 1.15 bits per heavy atom. The average Bonchev–Trinajstić information content (AvgIpc) is 3.27. The maximum Gasteiger partial charge on any atom is 0.238 e. The molecule has 4 rings (SSSR count). The molecule has 2 N–H and O–H groups in total. The van der Waals surface area contributed by atoms with Gasteiger partial charge in [0.05, 0.1) is 21.6 Å². The number of hydrogen-bond acceptors (Lipinski definition) is 6. The Hall–Kier alpha value is -2.62. The Bertz CT molecular complexity index is 1210. The highest BCUT2D eigenvalue weighted by atomic mass is 32.2. The van der Waals surface area contributed by atoms with Gasteiger partial charge >= 0.3 is 0 Å². The van der Waals surface area contributed by atoms with E-state index in [2.05, 4.69) is 26.4 Å². The van der Waals surface area contributed by atoms with Gasteiger partial charge in [0.25, 0.3) is 0 Å². The van der Waals surface area contributed by atoms with E-state index in [1.807, 2.05) is 23.6 Å². The van der Waals surface area contributed by atoms with Gasteiger partial charge in [-0.1, -0.05) is 13.0 Å². The molecule has 3 heterocycles. The third kappa shape index (κ3) is 3.36. The number of aromatic nitrogens is 4. The summed E-state index contributed by atoms with van der Waals surface area (Å²) < 4.78 is 25.4. The molecular weight excluding hydrogens is 382 g/mol. The third-order valence-corrected chi connectivity index (χ3v) is 5.89. The van der Waals surface area contributed by atoms with Crippen molar-refractivity contribution in [2.75, 3.05) is 0 Å². The van der Waals surface area contributed by atoms with Gasteiger partial charge in [0.2, 0.25) is 10.0 Å². The molecule has 7 nitrogen and oxygen atoms in total. The van der Waals surface area contributed by atoms with Gasteiger partial charge in [-0.3, -0.25) is 4.98 Å². The van der Waals surface area contributed by atoms with Crippen LogP contribution in [0.3, 0.4) is 0 Å². The molecule has 138 valence electrons. The molecule has 4 aromatic rings. The molecule has 9 heteroatoms. The van der Waals surface area contributed by atoms with E-state index in [1.165, 1.54) is 23.5 Å². The molecule has 0 atom stereocenters. The van der Waals surface area contributed by atoms with Crippen LogP contribution in [0.2, 0.25) is 0 Å². The van der Waals surface area contributed by atoms with Crippen LogP contribution in [0.4, 0.5) is 0 Å². The highest BCUT2D eigenvalue weighted by Crippen LogP contribution is 2.30. The zero-order chi connectivity index (χ0) is 19.0. The molecule has 0 spiro atoms. The van der Waals surface area contributed by atoms with Crippen molar-refractivity contribution in [1.29, 1.82) is 0 Å². The lowest BCUT2D eigenvalue weighted by molar-refractivity contribution is 0.598. The number of rotatable bonds is 5. The van der Waals surface area contributed by atoms with Gasteiger partial charge in [0.15, 0.2) is 5.82 Å². The third-order valence-electron chi connectivity index (χ3n) is 4.11. The van der Waals surface area contributed by atoms with Gasteiger partial charge in [0.1, 0.15) is 10.7 Å².